The first kappa shape index (κ1) is 22.5. The lowest BCUT2D eigenvalue weighted by atomic mass is 10.2. The molecule has 0 aliphatic rings. The van der Waals surface area contributed by atoms with Crippen molar-refractivity contribution in [3.05, 3.63) is 70.3 Å². The van der Waals surface area contributed by atoms with Crippen LogP contribution in [0.1, 0.15) is 10.4 Å². The standard InChI is InChI=1S/C22H20N6O6/c1-32-16-7-8-17(18(13-16)33-2)21-25-24-19-9-10-20(26-27(19)21)34-12-11-23-22(29)14-3-5-15(6-4-14)28(30)31/h3-10,13H,11-12H2,1-2H3,(H,23,29). The molecule has 2 aromatic carbocycles. The Bertz CT molecular complexity index is 1340. The summed E-state index contributed by atoms with van der Waals surface area (Å²) in [5.74, 6) is 1.60. The Kier molecular flexibility index (Phi) is 6.48. The van der Waals surface area contributed by atoms with Crippen molar-refractivity contribution in [2.45, 2.75) is 0 Å². The number of non-ortho nitro benzene ring substituents is 1. The third-order valence-corrected chi connectivity index (χ3v) is 4.87. The predicted molar refractivity (Wildman–Crippen MR) is 120 cm³/mol. The molecule has 2 aromatic heterocycles. The maximum absolute atomic E-state index is 12.2. The van der Waals surface area contributed by atoms with Crippen molar-refractivity contribution in [2.24, 2.45) is 0 Å². The van der Waals surface area contributed by atoms with E-state index in [4.69, 9.17) is 14.2 Å². The minimum atomic E-state index is -0.523. The van der Waals surface area contributed by atoms with E-state index in [1.54, 1.807) is 44.6 Å². The molecule has 0 bridgehead atoms. The van der Waals surface area contributed by atoms with Crippen LogP contribution in [0.15, 0.2) is 54.6 Å². The van der Waals surface area contributed by atoms with Crippen LogP contribution in [0, 0.1) is 10.1 Å². The summed E-state index contributed by atoms with van der Waals surface area (Å²) in [5, 5.41) is 26.2. The average Bonchev–Trinajstić information content (AvgIpc) is 3.29. The molecule has 34 heavy (non-hydrogen) atoms. The molecule has 12 nitrogen and oxygen atoms in total. The van der Waals surface area contributed by atoms with Crippen LogP contribution in [-0.4, -0.2) is 58.0 Å². The normalized spacial score (nSPS) is 10.6. The van der Waals surface area contributed by atoms with Crippen LogP contribution >= 0.6 is 0 Å². The Balaban J connectivity index is 1.42. The minimum Gasteiger partial charge on any atom is -0.497 e. The Morgan fingerprint density at radius 3 is 2.56 bits per heavy atom. The van der Waals surface area contributed by atoms with Gasteiger partial charge in [-0.3, -0.25) is 14.9 Å². The minimum absolute atomic E-state index is 0.0815. The molecule has 174 valence electrons. The van der Waals surface area contributed by atoms with Gasteiger partial charge in [-0.05, 0) is 30.3 Å². The molecule has 0 saturated heterocycles. The summed E-state index contributed by atoms with van der Waals surface area (Å²) >= 11 is 0. The van der Waals surface area contributed by atoms with Crippen LogP contribution in [0.2, 0.25) is 0 Å². The van der Waals surface area contributed by atoms with Gasteiger partial charge in [-0.1, -0.05) is 0 Å². The van der Waals surface area contributed by atoms with Gasteiger partial charge in [-0.15, -0.1) is 15.3 Å². The van der Waals surface area contributed by atoms with Gasteiger partial charge in [-0.2, -0.15) is 4.52 Å². The predicted octanol–water partition coefficient (Wildman–Crippen LogP) is 2.53. The number of ether oxygens (including phenoxy) is 3. The van der Waals surface area contributed by atoms with Crippen molar-refractivity contribution >= 4 is 17.2 Å². The number of nitro groups is 1. The molecule has 4 aromatic rings. The lowest BCUT2D eigenvalue weighted by molar-refractivity contribution is -0.384. The van der Waals surface area contributed by atoms with Crippen molar-refractivity contribution in [3.8, 4) is 28.8 Å². The molecule has 2 heterocycles. The lowest BCUT2D eigenvalue weighted by Gasteiger charge is -2.10. The molecule has 0 fully saturated rings. The maximum atomic E-state index is 12.2. The molecule has 0 saturated carbocycles. The van der Waals surface area contributed by atoms with Crippen molar-refractivity contribution in [2.75, 3.05) is 27.4 Å². The van der Waals surface area contributed by atoms with Crippen LogP contribution in [-0.2, 0) is 0 Å². The smallest absolute Gasteiger partial charge is 0.269 e. The van der Waals surface area contributed by atoms with Crippen LogP contribution in [0.4, 0.5) is 5.69 Å². The molecule has 0 aliphatic carbocycles. The number of aromatic nitrogens is 4. The molecule has 0 atom stereocenters. The van der Waals surface area contributed by atoms with E-state index >= 15 is 0 Å². The highest BCUT2D eigenvalue weighted by Crippen LogP contribution is 2.32. The number of hydrogen-bond donors (Lipinski definition) is 1. The van der Waals surface area contributed by atoms with E-state index in [0.717, 1.165) is 0 Å². The average molecular weight is 464 g/mol. The van der Waals surface area contributed by atoms with E-state index in [0.29, 0.717) is 40.0 Å². The molecule has 1 N–H and O–H groups in total. The number of amides is 1. The van der Waals surface area contributed by atoms with E-state index in [1.807, 2.05) is 0 Å². The zero-order valence-corrected chi connectivity index (χ0v) is 18.3. The van der Waals surface area contributed by atoms with Gasteiger partial charge in [0.2, 0.25) is 5.88 Å². The summed E-state index contributed by atoms with van der Waals surface area (Å²) in [7, 11) is 3.12. The maximum Gasteiger partial charge on any atom is 0.269 e. The third-order valence-electron chi connectivity index (χ3n) is 4.87. The second kappa shape index (κ2) is 9.81. The number of carbonyl (C=O) groups is 1. The van der Waals surface area contributed by atoms with Gasteiger partial charge in [0.05, 0.1) is 31.3 Å². The molecule has 0 unspecified atom stereocenters. The first-order valence-corrected chi connectivity index (χ1v) is 10.1. The zero-order chi connectivity index (χ0) is 24.1. The highest BCUT2D eigenvalue weighted by atomic mass is 16.6. The fourth-order valence-corrected chi connectivity index (χ4v) is 3.16. The summed E-state index contributed by atoms with van der Waals surface area (Å²) in [6.07, 6.45) is 0. The molecule has 4 rings (SSSR count). The van der Waals surface area contributed by atoms with E-state index in [9.17, 15) is 14.9 Å². The van der Waals surface area contributed by atoms with Crippen molar-refractivity contribution in [1.29, 1.82) is 0 Å². The van der Waals surface area contributed by atoms with E-state index in [2.05, 4.69) is 20.6 Å². The fraction of sp³-hybridized carbons (Fsp3) is 0.182. The van der Waals surface area contributed by atoms with Crippen molar-refractivity contribution < 1.29 is 23.9 Å². The quantitative estimate of drug-likeness (QED) is 0.224. The Hall–Kier alpha value is -4.74. The van der Waals surface area contributed by atoms with Gasteiger partial charge in [0, 0.05) is 29.8 Å². The number of nitrogens with one attached hydrogen (secondary N) is 1. The molecule has 12 heteroatoms. The van der Waals surface area contributed by atoms with Crippen LogP contribution < -0.4 is 19.5 Å². The zero-order valence-electron chi connectivity index (χ0n) is 18.3. The molecule has 1 amide bonds. The third kappa shape index (κ3) is 4.70. The number of fused-ring (bicyclic) bond motifs is 1. The molecular formula is C22H20N6O6. The first-order valence-electron chi connectivity index (χ1n) is 10.1. The summed E-state index contributed by atoms with van der Waals surface area (Å²) in [5.41, 5.74) is 1.43. The van der Waals surface area contributed by atoms with Gasteiger partial charge in [0.15, 0.2) is 11.5 Å². The summed E-state index contributed by atoms with van der Waals surface area (Å²) in [6, 6.07) is 14.0. The molecule has 0 aliphatic heterocycles. The van der Waals surface area contributed by atoms with Gasteiger partial charge in [-0.25, -0.2) is 0 Å². The lowest BCUT2D eigenvalue weighted by Crippen LogP contribution is -2.28. The number of benzene rings is 2. The Morgan fingerprint density at radius 1 is 1.06 bits per heavy atom. The van der Waals surface area contributed by atoms with E-state index in [-0.39, 0.29) is 24.7 Å². The topological polar surface area (TPSA) is 143 Å². The highest BCUT2D eigenvalue weighted by Gasteiger charge is 2.16. The van der Waals surface area contributed by atoms with Gasteiger partial charge >= 0.3 is 0 Å². The SMILES string of the molecule is COc1ccc(-c2nnc3ccc(OCCNC(=O)c4ccc([N+](=O)[O-])cc4)nn23)c(OC)c1. The second-order valence-electron chi connectivity index (χ2n) is 6.94. The number of rotatable bonds is 9. The van der Waals surface area contributed by atoms with Gasteiger partial charge < -0.3 is 19.5 Å². The Morgan fingerprint density at radius 2 is 1.85 bits per heavy atom. The van der Waals surface area contributed by atoms with Crippen LogP contribution in [0.3, 0.4) is 0 Å². The number of hydrogen-bond acceptors (Lipinski definition) is 9. The number of methoxy groups -OCH3 is 2. The molecular weight excluding hydrogens is 444 g/mol. The van der Waals surface area contributed by atoms with E-state index in [1.165, 1.54) is 28.8 Å². The van der Waals surface area contributed by atoms with Crippen LogP contribution in [0.5, 0.6) is 17.4 Å². The largest absolute Gasteiger partial charge is 0.497 e. The van der Waals surface area contributed by atoms with Crippen LogP contribution in [0.25, 0.3) is 17.0 Å². The number of carbonyl (C=O) groups excluding carboxylic acids is 1. The summed E-state index contributed by atoms with van der Waals surface area (Å²) in [4.78, 5) is 22.4. The molecule has 0 spiro atoms. The Labute approximate surface area is 193 Å². The van der Waals surface area contributed by atoms with Gasteiger partial charge in [0.25, 0.3) is 11.6 Å². The second-order valence-corrected chi connectivity index (χ2v) is 6.94. The number of nitrogens with zero attached hydrogens (tertiary/aromatic N) is 5. The summed E-state index contributed by atoms with van der Waals surface area (Å²) in [6.45, 7) is 0.359. The molecule has 0 radical (unpaired) electrons. The van der Waals surface area contributed by atoms with Crippen molar-refractivity contribution in [1.82, 2.24) is 25.1 Å². The highest BCUT2D eigenvalue weighted by molar-refractivity contribution is 5.94. The fourth-order valence-electron chi connectivity index (χ4n) is 3.16. The first-order chi connectivity index (χ1) is 16.5. The van der Waals surface area contributed by atoms with Gasteiger partial charge in [0.1, 0.15) is 18.1 Å². The summed E-state index contributed by atoms with van der Waals surface area (Å²) < 4.78 is 17.9. The monoisotopic (exact) mass is 464 g/mol. The number of nitro benzene ring substituents is 1. The van der Waals surface area contributed by atoms with Crippen molar-refractivity contribution in [3.63, 3.8) is 0 Å². The van der Waals surface area contributed by atoms with E-state index < -0.39 is 4.92 Å².